The van der Waals surface area contributed by atoms with E-state index in [9.17, 15) is 18.0 Å². The van der Waals surface area contributed by atoms with E-state index in [4.69, 9.17) is 4.74 Å². The minimum Gasteiger partial charge on any atom is -0.454 e. The van der Waals surface area contributed by atoms with E-state index in [2.05, 4.69) is 9.97 Å². The lowest BCUT2D eigenvalue weighted by Gasteiger charge is -2.18. The number of carbonyl (C=O) groups excluding carboxylic acids is 1. The third-order valence-corrected chi connectivity index (χ3v) is 6.22. The molecule has 9 heteroatoms. The quantitative estimate of drug-likeness (QED) is 0.618. The number of likely N-dealkylation sites (N-methyl/N-ethyl adjacent to an activating group) is 1. The Hall–Kier alpha value is -3.04. The van der Waals surface area contributed by atoms with Crippen LogP contribution in [0.1, 0.15) is 24.4 Å². The topological polar surface area (TPSA) is 109 Å². The number of rotatable bonds is 6. The number of aromatic amines is 1. The number of hydrogen-bond donors (Lipinski definition) is 1. The van der Waals surface area contributed by atoms with Crippen LogP contribution >= 0.6 is 0 Å². The van der Waals surface area contributed by atoms with Crippen molar-refractivity contribution in [3.8, 4) is 0 Å². The van der Waals surface area contributed by atoms with Gasteiger partial charge in [-0.1, -0.05) is 29.8 Å². The second kappa shape index (κ2) is 8.14. The van der Waals surface area contributed by atoms with E-state index in [0.29, 0.717) is 10.9 Å². The van der Waals surface area contributed by atoms with Gasteiger partial charge in [0.2, 0.25) is 10.0 Å². The highest BCUT2D eigenvalue weighted by molar-refractivity contribution is 7.89. The number of H-pyrrole nitrogens is 1. The van der Waals surface area contributed by atoms with Crippen molar-refractivity contribution in [2.24, 2.45) is 0 Å². The summed E-state index contributed by atoms with van der Waals surface area (Å²) in [4.78, 5) is 31.4. The largest absolute Gasteiger partial charge is 0.454 e. The number of esters is 1. The first-order chi connectivity index (χ1) is 13.7. The molecule has 0 bridgehead atoms. The van der Waals surface area contributed by atoms with Crippen LogP contribution in [0.2, 0.25) is 0 Å². The number of fused-ring (bicyclic) bond motifs is 1. The molecule has 0 aliphatic rings. The Morgan fingerprint density at radius 3 is 2.52 bits per heavy atom. The average molecular weight is 415 g/mol. The zero-order chi connectivity index (χ0) is 21.2. The molecule has 8 nitrogen and oxygen atoms in total. The van der Waals surface area contributed by atoms with Crippen LogP contribution in [0.15, 0.2) is 58.2 Å². The minimum absolute atomic E-state index is 0.0898. The first kappa shape index (κ1) is 20.7. The number of para-hydroxylation sites is 1. The zero-order valence-electron chi connectivity index (χ0n) is 16.2. The third-order valence-electron chi connectivity index (χ3n) is 4.41. The maximum absolute atomic E-state index is 12.6. The lowest BCUT2D eigenvalue weighted by molar-refractivity contribution is -0.148. The summed E-state index contributed by atoms with van der Waals surface area (Å²) >= 11 is 0. The van der Waals surface area contributed by atoms with Crippen molar-refractivity contribution in [1.29, 1.82) is 0 Å². The Morgan fingerprint density at radius 1 is 1.17 bits per heavy atom. The molecule has 152 valence electrons. The van der Waals surface area contributed by atoms with Crippen LogP contribution in [0.4, 0.5) is 0 Å². The molecule has 0 fully saturated rings. The summed E-state index contributed by atoms with van der Waals surface area (Å²) in [5, 5.41) is 0.429. The van der Waals surface area contributed by atoms with Crippen molar-refractivity contribution in [2.45, 2.75) is 24.8 Å². The molecule has 29 heavy (non-hydrogen) atoms. The molecule has 0 spiro atoms. The van der Waals surface area contributed by atoms with Gasteiger partial charge >= 0.3 is 5.97 Å². The van der Waals surface area contributed by atoms with Crippen molar-refractivity contribution < 1.29 is 17.9 Å². The number of nitrogens with one attached hydrogen (secondary N) is 1. The molecular weight excluding hydrogens is 394 g/mol. The summed E-state index contributed by atoms with van der Waals surface area (Å²) in [5.74, 6) is -0.572. The molecule has 0 amide bonds. The molecule has 1 aromatic heterocycles. The number of ether oxygens (including phenoxy) is 1. The molecule has 0 saturated heterocycles. The van der Waals surface area contributed by atoms with Crippen LogP contribution < -0.4 is 5.56 Å². The van der Waals surface area contributed by atoms with Crippen molar-refractivity contribution >= 4 is 26.9 Å². The van der Waals surface area contributed by atoms with Crippen molar-refractivity contribution in [3.05, 3.63) is 70.3 Å². The number of hydrogen-bond acceptors (Lipinski definition) is 6. The van der Waals surface area contributed by atoms with E-state index in [0.717, 1.165) is 9.87 Å². The first-order valence-electron chi connectivity index (χ1n) is 8.90. The normalized spacial score (nSPS) is 12.8. The van der Waals surface area contributed by atoms with E-state index < -0.39 is 28.6 Å². The van der Waals surface area contributed by atoms with Gasteiger partial charge in [-0.05, 0) is 38.1 Å². The van der Waals surface area contributed by atoms with Crippen molar-refractivity contribution in [3.63, 3.8) is 0 Å². The van der Waals surface area contributed by atoms with Gasteiger partial charge in [0, 0.05) is 7.05 Å². The van der Waals surface area contributed by atoms with Crippen molar-refractivity contribution in [1.82, 2.24) is 14.3 Å². The number of sulfonamides is 1. The monoisotopic (exact) mass is 415 g/mol. The van der Waals surface area contributed by atoms with Crippen LogP contribution in [0.3, 0.4) is 0 Å². The maximum atomic E-state index is 12.6. The van der Waals surface area contributed by atoms with E-state index in [1.165, 1.54) is 19.2 Å². The van der Waals surface area contributed by atoms with Crippen LogP contribution in [-0.4, -0.2) is 42.3 Å². The summed E-state index contributed by atoms with van der Waals surface area (Å²) in [6, 6.07) is 13.1. The minimum atomic E-state index is -3.83. The molecule has 0 aliphatic heterocycles. The highest BCUT2D eigenvalue weighted by Gasteiger charge is 2.25. The second-order valence-electron chi connectivity index (χ2n) is 6.67. The van der Waals surface area contributed by atoms with Gasteiger partial charge in [0.25, 0.3) is 5.56 Å². The van der Waals surface area contributed by atoms with Gasteiger partial charge in [-0.25, -0.2) is 13.4 Å². The number of nitrogens with zero attached hydrogens (tertiary/aromatic N) is 2. The van der Waals surface area contributed by atoms with Gasteiger partial charge in [0.05, 0.1) is 15.8 Å². The number of aryl methyl sites for hydroxylation is 1. The van der Waals surface area contributed by atoms with Crippen molar-refractivity contribution in [2.75, 3.05) is 13.6 Å². The SMILES string of the molecule is Cc1ccc(S(=O)(=O)N(C)CC(=O)O[C@@H](C)c2nc3ccccc3c(=O)[nH]2)cc1. The van der Waals surface area contributed by atoms with E-state index in [1.807, 2.05) is 6.92 Å². The van der Waals surface area contributed by atoms with E-state index in [1.54, 1.807) is 43.3 Å². The van der Waals surface area contributed by atoms with E-state index >= 15 is 0 Å². The Labute approximate surface area is 168 Å². The molecule has 0 radical (unpaired) electrons. The Kier molecular flexibility index (Phi) is 5.81. The molecule has 0 unspecified atom stereocenters. The predicted molar refractivity (Wildman–Crippen MR) is 108 cm³/mol. The summed E-state index contributed by atoms with van der Waals surface area (Å²) in [6.45, 7) is 2.93. The summed E-state index contributed by atoms with van der Waals surface area (Å²) in [5.41, 5.74) is 1.07. The maximum Gasteiger partial charge on any atom is 0.321 e. The third kappa shape index (κ3) is 4.52. The fraction of sp³-hybridized carbons (Fsp3) is 0.250. The van der Waals surface area contributed by atoms with E-state index in [-0.39, 0.29) is 16.3 Å². The fourth-order valence-corrected chi connectivity index (χ4v) is 3.86. The van der Waals surface area contributed by atoms with Crippen LogP contribution in [0, 0.1) is 6.92 Å². The Morgan fingerprint density at radius 2 is 1.83 bits per heavy atom. The summed E-state index contributed by atoms with van der Waals surface area (Å²) < 4.78 is 31.4. The highest BCUT2D eigenvalue weighted by Crippen LogP contribution is 2.17. The molecule has 3 aromatic rings. The number of benzene rings is 2. The molecule has 0 saturated carbocycles. The first-order valence-corrected chi connectivity index (χ1v) is 10.3. The van der Waals surface area contributed by atoms with Gasteiger partial charge in [-0.15, -0.1) is 0 Å². The van der Waals surface area contributed by atoms with Gasteiger partial charge in [0.15, 0.2) is 11.9 Å². The Bertz CT molecular complexity index is 1200. The van der Waals surface area contributed by atoms with Crippen LogP contribution in [0.25, 0.3) is 10.9 Å². The molecule has 0 aliphatic carbocycles. The summed E-state index contributed by atoms with van der Waals surface area (Å²) in [7, 11) is -2.52. The van der Waals surface area contributed by atoms with Gasteiger partial charge in [0.1, 0.15) is 6.54 Å². The standard InChI is InChI=1S/C20H21N3O5S/c1-13-8-10-15(11-9-13)29(26,27)23(3)12-18(24)28-14(2)19-21-17-7-5-4-6-16(17)20(25)22-19/h4-11,14H,12H2,1-3H3,(H,21,22,25)/t14-/m0/s1. The highest BCUT2D eigenvalue weighted by atomic mass is 32.2. The molecule has 1 atom stereocenters. The zero-order valence-corrected chi connectivity index (χ0v) is 17.1. The number of aromatic nitrogens is 2. The molecule has 1 N–H and O–H groups in total. The lowest BCUT2D eigenvalue weighted by atomic mass is 10.2. The van der Waals surface area contributed by atoms with Crippen LogP contribution in [-0.2, 0) is 19.6 Å². The summed E-state index contributed by atoms with van der Waals surface area (Å²) in [6.07, 6.45) is -0.852. The smallest absolute Gasteiger partial charge is 0.321 e. The Balaban J connectivity index is 1.71. The lowest BCUT2D eigenvalue weighted by Crippen LogP contribution is -2.33. The van der Waals surface area contributed by atoms with Gasteiger partial charge in [-0.2, -0.15) is 4.31 Å². The molecular formula is C20H21N3O5S. The predicted octanol–water partition coefficient (Wildman–Crippen LogP) is 2.16. The van der Waals surface area contributed by atoms with Gasteiger partial charge < -0.3 is 9.72 Å². The second-order valence-corrected chi connectivity index (χ2v) is 8.72. The van der Waals surface area contributed by atoms with Crippen LogP contribution in [0.5, 0.6) is 0 Å². The number of carbonyl (C=O) groups is 1. The fourth-order valence-electron chi connectivity index (χ4n) is 2.74. The molecule has 3 rings (SSSR count). The van der Waals surface area contributed by atoms with Gasteiger partial charge in [-0.3, -0.25) is 9.59 Å². The molecule has 1 heterocycles. The molecule has 2 aromatic carbocycles. The average Bonchev–Trinajstić information content (AvgIpc) is 2.68.